The summed E-state index contributed by atoms with van der Waals surface area (Å²) in [6.07, 6.45) is 9.07. The molecule has 8 rings (SSSR count). The van der Waals surface area contributed by atoms with Crippen LogP contribution in [-0.2, 0) is 21.6 Å². The fourth-order valence-corrected chi connectivity index (χ4v) is 9.15. The molecule has 0 aromatic heterocycles. The lowest BCUT2D eigenvalue weighted by Crippen LogP contribution is -2.54. The maximum absolute atomic E-state index is 13.6. The van der Waals surface area contributed by atoms with Crippen molar-refractivity contribution in [2.45, 2.75) is 50.5 Å². The third-order valence-corrected chi connectivity index (χ3v) is 10.6. The summed E-state index contributed by atoms with van der Waals surface area (Å²) < 4.78 is 6.32. The molecule has 45 heavy (non-hydrogen) atoms. The summed E-state index contributed by atoms with van der Waals surface area (Å²) in [5, 5.41) is 13.4. The predicted molar refractivity (Wildman–Crippen MR) is 172 cm³/mol. The Balaban J connectivity index is 1.09. The van der Waals surface area contributed by atoms with Gasteiger partial charge in [-0.05, 0) is 137 Å². The van der Waals surface area contributed by atoms with Crippen LogP contribution in [0.25, 0.3) is 6.08 Å². The minimum absolute atomic E-state index is 0.0218. The molecule has 5 aliphatic rings. The van der Waals surface area contributed by atoms with Crippen molar-refractivity contribution in [2.75, 3.05) is 4.90 Å². The van der Waals surface area contributed by atoms with Crippen LogP contribution in [0.2, 0.25) is 5.02 Å². The molecule has 11 heteroatoms. The highest BCUT2D eigenvalue weighted by atomic mass is 79.9. The van der Waals surface area contributed by atoms with Crippen LogP contribution in [0.4, 0.5) is 16.2 Å². The van der Waals surface area contributed by atoms with Gasteiger partial charge in [0, 0.05) is 12.1 Å². The molecule has 4 bridgehead atoms. The second kappa shape index (κ2) is 11.4. The third kappa shape index (κ3) is 5.55. The number of halogens is 2. The van der Waals surface area contributed by atoms with Crippen LogP contribution < -0.4 is 15.0 Å². The van der Waals surface area contributed by atoms with Gasteiger partial charge in [-0.25, -0.2) is 9.69 Å². The first-order valence-corrected chi connectivity index (χ1v) is 16.1. The summed E-state index contributed by atoms with van der Waals surface area (Å²) in [6, 6.07) is 16.1. The van der Waals surface area contributed by atoms with Gasteiger partial charge in [-0.3, -0.25) is 25.0 Å². The molecule has 0 spiro atoms. The first-order valence-electron chi connectivity index (χ1n) is 15.0. The van der Waals surface area contributed by atoms with Crippen LogP contribution >= 0.6 is 27.5 Å². The number of nitrogens with one attached hydrogen (secondary N) is 1. The molecule has 4 aliphatic carbocycles. The van der Waals surface area contributed by atoms with Crippen LogP contribution in [0.15, 0.2) is 70.7 Å². The van der Waals surface area contributed by atoms with E-state index in [2.05, 4.69) is 33.4 Å². The van der Waals surface area contributed by atoms with Crippen LogP contribution in [-0.4, -0.2) is 22.8 Å². The molecule has 0 atom stereocenters. The van der Waals surface area contributed by atoms with Crippen LogP contribution in [0.5, 0.6) is 5.75 Å². The van der Waals surface area contributed by atoms with Gasteiger partial charge in [0.15, 0.2) is 5.75 Å². The number of ether oxygens (including phenoxy) is 1. The van der Waals surface area contributed by atoms with Crippen molar-refractivity contribution in [1.82, 2.24) is 5.32 Å². The second-order valence-electron chi connectivity index (χ2n) is 12.7. The monoisotopic (exact) mass is 689 g/mol. The number of amides is 4. The normalized spacial score (nSPS) is 26.4. The fraction of sp³-hybridized carbons (Fsp3) is 0.324. The number of anilines is 1. The topological polar surface area (TPSA) is 119 Å². The number of nitro groups is 1. The number of nitro benzene ring substituents is 1. The maximum Gasteiger partial charge on any atom is 0.335 e. The van der Waals surface area contributed by atoms with Crippen molar-refractivity contribution in [3.63, 3.8) is 0 Å². The molecule has 3 aromatic carbocycles. The molecule has 5 fully saturated rings. The van der Waals surface area contributed by atoms with Gasteiger partial charge in [0.05, 0.1) is 20.1 Å². The zero-order chi connectivity index (χ0) is 31.5. The van der Waals surface area contributed by atoms with E-state index in [0.717, 1.165) is 22.7 Å². The van der Waals surface area contributed by atoms with E-state index in [0.29, 0.717) is 27.0 Å². The highest BCUT2D eigenvalue weighted by Crippen LogP contribution is 2.60. The number of carbonyl (C=O) groups excluding carboxylic acids is 3. The summed E-state index contributed by atoms with van der Waals surface area (Å²) in [5.74, 6) is 1.21. The van der Waals surface area contributed by atoms with Gasteiger partial charge in [0.25, 0.3) is 17.5 Å². The molecule has 0 unspecified atom stereocenters. The molecule has 1 saturated heterocycles. The second-order valence-corrected chi connectivity index (χ2v) is 14.0. The molecule has 3 aromatic rings. The van der Waals surface area contributed by atoms with E-state index < -0.39 is 22.8 Å². The first-order chi connectivity index (χ1) is 21.6. The Kier molecular flexibility index (Phi) is 7.52. The van der Waals surface area contributed by atoms with E-state index in [9.17, 15) is 24.5 Å². The number of benzene rings is 3. The maximum atomic E-state index is 13.6. The van der Waals surface area contributed by atoms with Gasteiger partial charge in [-0.1, -0.05) is 23.7 Å². The molecule has 4 saturated carbocycles. The molecule has 230 valence electrons. The largest absolute Gasteiger partial charge is 0.486 e. The molecule has 0 radical (unpaired) electrons. The summed E-state index contributed by atoms with van der Waals surface area (Å²) in [6.45, 7) is 0.108. The summed E-state index contributed by atoms with van der Waals surface area (Å²) in [7, 11) is 0. The Bertz CT molecular complexity index is 1710. The Morgan fingerprint density at radius 1 is 0.978 bits per heavy atom. The van der Waals surface area contributed by atoms with Crippen molar-refractivity contribution in [3.05, 3.63) is 103 Å². The van der Waals surface area contributed by atoms with Crippen molar-refractivity contribution in [3.8, 4) is 5.75 Å². The number of hydrogen-bond acceptors (Lipinski definition) is 6. The number of carbonyl (C=O) groups is 3. The molecule has 9 nitrogen and oxygen atoms in total. The number of barbiturate groups is 1. The molecular formula is C34H29BrClN3O6. The number of non-ortho nitro benzene ring substituents is 1. The lowest BCUT2D eigenvalue weighted by atomic mass is 9.48. The molecule has 4 amide bonds. The SMILES string of the molecule is O=C1NC(=O)N(c2ccc(C34CC5CC(CC(C5)C3)C4)cc2)C(=O)/C1=C/c1cc(Cl)c(OCc2ccc([N+](=O)[O-])cc2)c(Br)c1. The van der Waals surface area contributed by atoms with Crippen molar-refractivity contribution in [2.24, 2.45) is 17.8 Å². The number of imide groups is 2. The van der Waals surface area contributed by atoms with Crippen molar-refractivity contribution in [1.29, 1.82) is 0 Å². The standard InChI is InChI=1S/C34H29BrClN3O6/c35-28-13-20(14-29(36)30(28)45-18-19-1-5-26(6-2-19)39(43)44)12-27-31(40)37-33(42)38(32(27)41)25-7-3-24(4-8-25)34-15-21-9-22(16-34)11-23(10-21)17-34/h1-8,12-14,21-23H,9-11,15-18H2,(H,37,40,42)/b27-12+. The van der Waals surface area contributed by atoms with E-state index in [1.807, 2.05) is 12.1 Å². The Labute approximate surface area is 272 Å². The number of urea groups is 1. The van der Waals surface area contributed by atoms with Gasteiger partial charge >= 0.3 is 6.03 Å². The zero-order valence-corrected chi connectivity index (χ0v) is 26.5. The minimum Gasteiger partial charge on any atom is -0.486 e. The van der Waals surface area contributed by atoms with Crippen LogP contribution in [0.1, 0.15) is 55.2 Å². The Hall–Kier alpha value is -4.02. The molecule has 1 heterocycles. The summed E-state index contributed by atoms with van der Waals surface area (Å²) >= 11 is 9.95. The van der Waals surface area contributed by atoms with E-state index in [1.54, 1.807) is 24.3 Å². The van der Waals surface area contributed by atoms with E-state index >= 15 is 0 Å². The van der Waals surface area contributed by atoms with Gasteiger partial charge in [-0.2, -0.15) is 0 Å². The van der Waals surface area contributed by atoms with Crippen molar-refractivity contribution >= 4 is 62.8 Å². The Morgan fingerprint density at radius 2 is 1.60 bits per heavy atom. The first kappa shape index (κ1) is 29.7. The van der Waals surface area contributed by atoms with E-state index in [4.69, 9.17) is 16.3 Å². The predicted octanol–water partition coefficient (Wildman–Crippen LogP) is 7.72. The number of nitrogens with zero attached hydrogens (tertiary/aromatic N) is 2. The number of hydrogen-bond donors (Lipinski definition) is 1. The summed E-state index contributed by atoms with van der Waals surface area (Å²) in [4.78, 5) is 50.7. The van der Waals surface area contributed by atoms with Crippen molar-refractivity contribution < 1.29 is 24.0 Å². The van der Waals surface area contributed by atoms with Gasteiger partial charge < -0.3 is 4.74 Å². The lowest BCUT2D eigenvalue weighted by molar-refractivity contribution is -0.384. The number of rotatable bonds is 7. The van der Waals surface area contributed by atoms with Gasteiger partial charge in [0.2, 0.25) is 0 Å². The quantitative estimate of drug-likeness (QED) is 0.117. The molecular weight excluding hydrogens is 662 g/mol. The van der Waals surface area contributed by atoms with Crippen LogP contribution in [0.3, 0.4) is 0 Å². The Morgan fingerprint density at radius 3 is 2.18 bits per heavy atom. The molecule has 1 N–H and O–H groups in total. The van der Waals surface area contributed by atoms with E-state index in [1.165, 1.54) is 62.3 Å². The highest BCUT2D eigenvalue weighted by Gasteiger charge is 2.51. The van der Waals surface area contributed by atoms with Crippen LogP contribution in [0, 0.1) is 27.9 Å². The summed E-state index contributed by atoms with van der Waals surface area (Å²) in [5.41, 5.74) is 2.78. The lowest BCUT2D eigenvalue weighted by Gasteiger charge is -2.57. The average Bonchev–Trinajstić information content (AvgIpc) is 2.98. The molecule has 1 aliphatic heterocycles. The average molecular weight is 691 g/mol. The smallest absolute Gasteiger partial charge is 0.335 e. The van der Waals surface area contributed by atoms with Gasteiger partial charge in [-0.15, -0.1) is 0 Å². The zero-order valence-electron chi connectivity index (χ0n) is 24.1. The van der Waals surface area contributed by atoms with E-state index in [-0.39, 0.29) is 28.3 Å². The third-order valence-electron chi connectivity index (χ3n) is 9.74. The minimum atomic E-state index is -0.794. The highest BCUT2D eigenvalue weighted by molar-refractivity contribution is 9.10. The fourth-order valence-electron chi connectivity index (χ4n) is 8.16. The van der Waals surface area contributed by atoms with Gasteiger partial charge in [0.1, 0.15) is 12.2 Å².